The van der Waals surface area contributed by atoms with Gasteiger partial charge in [-0.25, -0.2) is 0 Å². The number of nitrogens with one attached hydrogen (secondary N) is 1. The predicted molar refractivity (Wildman–Crippen MR) is 137 cm³/mol. The second-order valence-electron chi connectivity index (χ2n) is 7.13. The van der Waals surface area contributed by atoms with Crippen molar-refractivity contribution in [3.8, 4) is 0 Å². The third-order valence-corrected chi connectivity index (χ3v) is 7.22. The van der Waals surface area contributed by atoms with Gasteiger partial charge in [0.05, 0.1) is 11.5 Å². The number of para-hydroxylation sites is 1. The molecule has 32 heavy (non-hydrogen) atoms. The van der Waals surface area contributed by atoms with Gasteiger partial charge in [-0.1, -0.05) is 65.3 Å². The summed E-state index contributed by atoms with van der Waals surface area (Å²) in [5.41, 5.74) is 3.97. The summed E-state index contributed by atoms with van der Waals surface area (Å²) in [4.78, 5) is 12.5. The summed E-state index contributed by atoms with van der Waals surface area (Å²) >= 11 is 15.3. The fourth-order valence-corrected chi connectivity index (χ4v) is 5.34. The van der Waals surface area contributed by atoms with Gasteiger partial charge in [0.2, 0.25) is 5.91 Å². The number of carbonyl (C=O) groups is 1. The molecular formula is C23H24Cl2N4OS2. The van der Waals surface area contributed by atoms with Crippen LogP contribution < -0.4 is 5.32 Å². The van der Waals surface area contributed by atoms with Crippen LogP contribution in [0.25, 0.3) is 0 Å². The van der Waals surface area contributed by atoms with E-state index in [4.69, 9.17) is 23.2 Å². The van der Waals surface area contributed by atoms with Crippen molar-refractivity contribution in [2.75, 3.05) is 11.1 Å². The third-order valence-electron chi connectivity index (χ3n) is 4.69. The lowest BCUT2D eigenvalue weighted by atomic mass is 10.1. The lowest BCUT2D eigenvalue weighted by molar-refractivity contribution is -0.113. The molecule has 5 nitrogen and oxygen atoms in total. The van der Waals surface area contributed by atoms with E-state index in [1.54, 1.807) is 23.9 Å². The summed E-state index contributed by atoms with van der Waals surface area (Å²) in [7, 11) is 0. The Morgan fingerprint density at radius 1 is 1.16 bits per heavy atom. The van der Waals surface area contributed by atoms with E-state index in [1.807, 2.05) is 48.7 Å². The van der Waals surface area contributed by atoms with E-state index in [0.29, 0.717) is 27.5 Å². The Morgan fingerprint density at radius 2 is 1.91 bits per heavy atom. The summed E-state index contributed by atoms with van der Waals surface area (Å²) in [5, 5.41) is 13.6. The summed E-state index contributed by atoms with van der Waals surface area (Å²) < 4.78 is 1.99. The lowest BCUT2D eigenvalue weighted by Gasteiger charge is -2.11. The smallest absolute Gasteiger partial charge is 0.234 e. The first-order valence-corrected chi connectivity index (χ1v) is 12.8. The highest BCUT2D eigenvalue weighted by Gasteiger charge is 2.15. The number of benzene rings is 2. The fourth-order valence-electron chi connectivity index (χ4n) is 3.05. The van der Waals surface area contributed by atoms with E-state index in [0.717, 1.165) is 34.0 Å². The highest BCUT2D eigenvalue weighted by molar-refractivity contribution is 7.99. The van der Waals surface area contributed by atoms with Gasteiger partial charge in [-0.2, -0.15) is 0 Å². The van der Waals surface area contributed by atoms with Crippen LogP contribution in [0.1, 0.15) is 22.5 Å². The lowest BCUT2D eigenvalue weighted by Crippen LogP contribution is -2.16. The number of aromatic nitrogens is 3. The topological polar surface area (TPSA) is 59.8 Å². The molecule has 168 valence electrons. The molecule has 0 radical (unpaired) electrons. The first kappa shape index (κ1) is 24.7. The Kier molecular flexibility index (Phi) is 9.11. The van der Waals surface area contributed by atoms with Crippen molar-refractivity contribution in [1.82, 2.24) is 14.8 Å². The summed E-state index contributed by atoms with van der Waals surface area (Å²) in [6, 6.07) is 11.5. The summed E-state index contributed by atoms with van der Waals surface area (Å²) in [5.74, 6) is 2.40. The Morgan fingerprint density at radius 3 is 2.59 bits per heavy atom. The van der Waals surface area contributed by atoms with E-state index in [1.165, 1.54) is 11.8 Å². The minimum absolute atomic E-state index is 0.0751. The van der Waals surface area contributed by atoms with Crippen LogP contribution >= 0.6 is 46.7 Å². The molecule has 0 aliphatic carbocycles. The molecule has 0 spiro atoms. The fraction of sp³-hybridized carbons (Fsp3) is 0.261. The summed E-state index contributed by atoms with van der Waals surface area (Å²) in [6.07, 6.45) is 1.80. The molecule has 1 aromatic heterocycles. The molecule has 9 heteroatoms. The van der Waals surface area contributed by atoms with Gasteiger partial charge in [0.1, 0.15) is 5.82 Å². The van der Waals surface area contributed by atoms with E-state index in [2.05, 4.69) is 22.1 Å². The number of carbonyl (C=O) groups excluding carboxylic acids is 1. The number of aryl methyl sites for hydroxylation is 2. The monoisotopic (exact) mass is 506 g/mol. The number of rotatable bonds is 10. The molecule has 1 amide bonds. The highest BCUT2D eigenvalue weighted by atomic mass is 35.5. The van der Waals surface area contributed by atoms with Crippen LogP contribution in [0.4, 0.5) is 5.69 Å². The van der Waals surface area contributed by atoms with Gasteiger partial charge in [-0.15, -0.1) is 28.5 Å². The van der Waals surface area contributed by atoms with Crippen LogP contribution in [-0.4, -0.2) is 26.4 Å². The Hall–Kier alpha value is -1.93. The Bertz CT molecular complexity index is 1100. The maximum absolute atomic E-state index is 12.5. The molecule has 0 fully saturated rings. The SMILES string of the molecule is C=CCn1c(CSCc2ccc(Cl)cc2Cl)nnc1SCC(=O)Nc1c(C)cccc1C. The van der Waals surface area contributed by atoms with Crippen LogP contribution in [0.2, 0.25) is 10.0 Å². The number of amides is 1. The normalized spacial score (nSPS) is 10.9. The van der Waals surface area contributed by atoms with Crippen LogP contribution in [-0.2, 0) is 22.8 Å². The first-order chi connectivity index (χ1) is 15.4. The van der Waals surface area contributed by atoms with Crippen molar-refractivity contribution in [3.05, 3.63) is 81.6 Å². The number of anilines is 1. The molecule has 0 aliphatic rings. The second kappa shape index (κ2) is 11.8. The van der Waals surface area contributed by atoms with Gasteiger partial charge in [0.15, 0.2) is 5.16 Å². The van der Waals surface area contributed by atoms with Crippen molar-refractivity contribution in [1.29, 1.82) is 0 Å². The van der Waals surface area contributed by atoms with Crippen molar-refractivity contribution in [3.63, 3.8) is 0 Å². The maximum atomic E-state index is 12.5. The standard InChI is InChI=1S/C23H24Cl2N4OS2/c1-4-10-29-20(13-31-12-17-8-9-18(24)11-19(17)25)27-28-23(29)32-14-21(30)26-22-15(2)6-5-7-16(22)3/h4-9,11H,1,10,12-14H2,2-3H3,(H,26,30). The highest BCUT2D eigenvalue weighted by Crippen LogP contribution is 2.27. The number of hydrogen-bond acceptors (Lipinski definition) is 5. The second-order valence-corrected chi connectivity index (χ2v) is 9.90. The van der Waals surface area contributed by atoms with Crippen LogP contribution in [0.15, 0.2) is 54.2 Å². The van der Waals surface area contributed by atoms with E-state index in [9.17, 15) is 4.79 Å². The van der Waals surface area contributed by atoms with E-state index >= 15 is 0 Å². The van der Waals surface area contributed by atoms with Crippen molar-refractivity contribution >= 4 is 58.3 Å². The average Bonchev–Trinajstić information content (AvgIpc) is 3.13. The van der Waals surface area contributed by atoms with Gasteiger partial charge < -0.3 is 9.88 Å². The third kappa shape index (κ3) is 6.54. The minimum Gasteiger partial charge on any atom is -0.325 e. The molecule has 0 unspecified atom stereocenters. The molecule has 0 aliphatic heterocycles. The zero-order valence-electron chi connectivity index (χ0n) is 17.9. The zero-order valence-corrected chi connectivity index (χ0v) is 21.0. The molecule has 3 rings (SSSR count). The zero-order chi connectivity index (χ0) is 23.1. The molecular weight excluding hydrogens is 483 g/mol. The van der Waals surface area contributed by atoms with Crippen LogP contribution in [0, 0.1) is 13.8 Å². The minimum atomic E-state index is -0.0751. The van der Waals surface area contributed by atoms with Gasteiger partial charge >= 0.3 is 0 Å². The quantitative estimate of drug-likeness (QED) is 0.249. The van der Waals surface area contributed by atoms with Crippen molar-refractivity contribution < 1.29 is 4.79 Å². The van der Waals surface area contributed by atoms with E-state index < -0.39 is 0 Å². The molecule has 0 saturated heterocycles. The number of thioether (sulfide) groups is 2. The van der Waals surface area contributed by atoms with Gasteiger partial charge in [-0.05, 0) is 42.7 Å². The van der Waals surface area contributed by atoms with Crippen molar-refractivity contribution in [2.24, 2.45) is 0 Å². The molecule has 1 N–H and O–H groups in total. The van der Waals surface area contributed by atoms with Gasteiger partial charge in [0.25, 0.3) is 0 Å². The van der Waals surface area contributed by atoms with Crippen LogP contribution in [0.3, 0.4) is 0 Å². The Balaban J connectivity index is 1.60. The number of nitrogens with zero attached hydrogens (tertiary/aromatic N) is 3. The van der Waals surface area contributed by atoms with Crippen LogP contribution in [0.5, 0.6) is 0 Å². The summed E-state index contributed by atoms with van der Waals surface area (Å²) in [6.45, 7) is 8.38. The van der Waals surface area contributed by atoms with Gasteiger partial charge in [0, 0.05) is 28.0 Å². The molecule has 2 aromatic carbocycles. The molecule has 1 heterocycles. The maximum Gasteiger partial charge on any atom is 0.234 e. The Labute approximate surface area is 207 Å². The number of halogens is 2. The predicted octanol–water partition coefficient (Wildman–Crippen LogP) is 6.55. The molecule has 0 atom stereocenters. The van der Waals surface area contributed by atoms with E-state index in [-0.39, 0.29) is 11.7 Å². The molecule has 3 aromatic rings. The van der Waals surface area contributed by atoms with Crippen molar-refractivity contribution in [2.45, 2.75) is 37.1 Å². The van der Waals surface area contributed by atoms with Gasteiger partial charge in [-0.3, -0.25) is 4.79 Å². The number of allylic oxidation sites excluding steroid dienone is 1. The number of hydrogen-bond donors (Lipinski definition) is 1. The first-order valence-electron chi connectivity index (χ1n) is 9.92. The average molecular weight is 508 g/mol. The molecule has 0 bridgehead atoms. The molecule has 0 saturated carbocycles. The largest absolute Gasteiger partial charge is 0.325 e.